The van der Waals surface area contributed by atoms with Crippen LogP contribution >= 0.6 is 0 Å². The summed E-state index contributed by atoms with van der Waals surface area (Å²) in [4.78, 5) is 0. The van der Waals surface area contributed by atoms with Gasteiger partial charge in [0.05, 0.1) is 6.61 Å². The molecule has 1 atom stereocenters. The number of hydrogen-bond donors (Lipinski definition) is 0. The zero-order valence-corrected chi connectivity index (χ0v) is 10.2. The van der Waals surface area contributed by atoms with E-state index in [4.69, 9.17) is 4.74 Å². The van der Waals surface area contributed by atoms with Gasteiger partial charge in [0.15, 0.2) is 0 Å². The molecule has 2 rings (SSSR count). The highest BCUT2D eigenvalue weighted by atomic mass is 28.3. The summed E-state index contributed by atoms with van der Waals surface area (Å²) in [7, 11) is -1.04. The second-order valence-corrected chi connectivity index (χ2v) is 10.9. The molecule has 0 bridgehead atoms. The van der Waals surface area contributed by atoms with Crippen molar-refractivity contribution in [1.82, 2.24) is 0 Å². The minimum Gasteiger partial charge on any atom is -0.365 e. The number of ether oxygens (including phenoxy) is 1. The molecule has 1 saturated heterocycles. The van der Waals surface area contributed by atoms with E-state index in [-0.39, 0.29) is 5.60 Å². The van der Waals surface area contributed by atoms with Crippen LogP contribution in [0, 0.1) is 0 Å². The van der Waals surface area contributed by atoms with Crippen LogP contribution in [0.4, 0.5) is 0 Å². The summed E-state index contributed by atoms with van der Waals surface area (Å²) >= 11 is 0. The molecule has 1 nitrogen and oxygen atoms in total. The molecular formula is C12H18OSi. The lowest BCUT2D eigenvalue weighted by Crippen LogP contribution is -2.27. The fourth-order valence-corrected chi connectivity index (χ4v) is 4.18. The van der Waals surface area contributed by atoms with Gasteiger partial charge in [-0.1, -0.05) is 50.0 Å². The van der Waals surface area contributed by atoms with E-state index in [1.54, 1.807) is 0 Å². The van der Waals surface area contributed by atoms with E-state index in [0.29, 0.717) is 0 Å². The lowest BCUT2D eigenvalue weighted by molar-refractivity contribution is 0.327. The molecule has 0 aliphatic carbocycles. The standard InChI is InChI=1S/C12H18OSi/c1-14(2,3)10-12(9-13-12)11-7-5-4-6-8-11/h4-8H,9-10H2,1-3H3. The zero-order valence-electron chi connectivity index (χ0n) is 9.21. The molecule has 0 radical (unpaired) electrons. The summed E-state index contributed by atoms with van der Waals surface area (Å²) in [6.45, 7) is 8.12. The van der Waals surface area contributed by atoms with Gasteiger partial charge in [0.25, 0.3) is 0 Å². The van der Waals surface area contributed by atoms with E-state index in [2.05, 4.69) is 50.0 Å². The van der Waals surface area contributed by atoms with Gasteiger partial charge in [-0.05, 0) is 11.6 Å². The van der Waals surface area contributed by atoms with Crippen molar-refractivity contribution in [2.24, 2.45) is 0 Å². The minimum absolute atomic E-state index is 0.0890. The number of rotatable bonds is 3. The van der Waals surface area contributed by atoms with Crippen LogP contribution in [-0.4, -0.2) is 14.7 Å². The molecule has 1 aromatic carbocycles. The molecule has 0 saturated carbocycles. The molecule has 1 fully saturated rings. The number of benzene rings is 1. The van der Waals surface area contributed by atoms with Crippen LogP contribution in [0.25, 0.3) is 0 Å². The van der Waals surface area contributed by atoms with Crippen molar-refractivity contribution < 1.29 is 4.74 Å². The first kappa shape index (κ1) is 9.93. The van der Waals surface area contributed by atoms with Crippen LogP contribution in [0.3, 0.4) is 0 Å². The summed E-state index contributed by atoms with van der Waals surface area (Å²) in [5, 5.41) is 0. The van der Waals surface area contributed by atoms with Crippen LogP contribution in [0.2, 0.25) is 25.7 Å². The van der Waals surface area contributed by atoms with E-state index < -0.39 is 8.07 Å². The predicted octanol–water partition coefficient (Wildman–Crippen LogP) is 3.25. The Morgan fingerprint density at radius 1 is 1.21 bits per heavy atom. The van der Waals surface area contributed by atoms with Gasteiger partial charge in [0.2, 0.25) is 0 Å². The molecule has 0 amide bonds. The minimum atomic E-state index is -1.04. The molecule has 0 N–H and O–H groups in total. The average Bonchev–Trinajstić information content (AvgIpc) is 2.85. The third-order valence-corrected chi connectivity index (χ3v) is 4.24. The first-order valence-corrected chi connectivity index (χ1v) is 8.92. The van der Waals surface area contributed by atoms with Gasteiger partial charge in [-0.15, -0.1) is 0 Å². The van der Waals surface area contributed by atoms with Gasteiger partial charge < -0.3 is 4.74 Å². The van der Waals surface area contributed by atoms with Gasteiger partial charge in [-0.25, -0.2) is 0 Å². The topological polar surface area (TPSA) is 12.5 Å². The van der Waals surface area contributed by atoms with E-state index >= 15 is 0 Å². The Hall–Kier alpha value is -0.603. The highest BCUT2D eigenvalue weighted by molar-refractivity contribution is 6.76. The quantitative estimate of drug-likeness (QED) is 0.546. The lowest BCUT2D eigenvalue weighted by atomic mass is 10.0. The molecule has 0 spiro atoms. The Kier molecular flexibility index (Phi) is 2.28. The summed E-state index contributed by atoms with van der Waals surface area (Å²) < 4.78 is 5.69. The summed E-state index contributed by atoms with van der Waals surface area (Å²) in [5.41, 5.74) is 1.45. The maximum atomic E-state index is 5.69. The maximum absolute atomic E-state index is 5.69. The highest BCUT2D eigenvalue weighted by Crippen LogP contribution is 2.45. The van der Waals surface area contributed by atoms with Crippen LogP contribution < -0.4 is 0 Å². The molecule has 14 heavy (non-hydrogen) atoms. The van der Waals surface area contributed by atoms with Crippen LogP contribution in [0.15, 0.2) is 30.3 Å². The normalized spacial score (nSPS) is 26.2. The van der Waals surface area contributed by atoms with Crippen molar-refractivity contribution in [3.63, 3.8) is 0 Å². The van der Waals surface area contributed by atoms with E-state index in [1.807, 2.05) is 0 Å². The number of hydrogen-bond acceptors (Lipinski definition) is 1. The molecule has 1 aliphatic heterocycles. The highest BCUT2D eigenvalue weighted by Gasteiger charge is 2.48. The Morgan fingerprint density at radius 3 is 2.21 bits per heavy atom. The van der Waals surface area contributed by atoms with Crippen molar-refractivity contribution in [3.8, 4) is 0 Å². The van der Waals surface area contributed by atoms with E-state index in [9.17, 15) is 0 Å². The first-order chi connectivity index (χ1) is 6.52. The Bertz CT molecular complexity index is 309. The van der Waals surface area contributed by atoms with Crippen LogP contribution in [0.1, 0.15) is 5.56 Å². The predicted molar refractivity (Wildman–Crippen MR) is 62.2 cm³/mol. The first-order valence-electron chi connectivity index (χ1n) is 5.21. The van der Waals surface area contributed by atoms with E-state index in [1.165, 1.54) is 11.6 Å². The molecule has 0 aromatic heterocycles. The smallest absolute Gasteiger partial charge is 0.114 e. The monoisotopic (exact) mass is 206 g/mol. The zero-order chi connectivity index (χ0) is 10.2. The molecule has 1 aromatic rings. The van der Waals surface area contributed by atoms with Gasteiger partial charge >= 0.3 is 0 Å². The number of epoxide rings is 1. The van der Waals surface area contributed by atoms with Gasteiger partial charge in [0, 0.05) is 8.07 Å². The SMILES string of the molecule is C[Si](C)(C)CC1(c2ccccc2)CO1. The molecule has 2 heteroatoms. The molecular weight excluding hydrogens is 188 g/mol. The van der Waals surface area contributed by atoms with Crippen molar-refractivity contribution in [3.05, 3.63) is 35.9 Å². The van der Waals surface area contributed by atoms with Crippen molar-refractivity contribution in [2.75, 3.05) is 6.61 Å². The summed E-state index contributed by atoms with van der Waals surface area (Å²) in [5.74, 6) is 0. The second kappa shape index (κ2) is 3.21. The average molecular weight is 206 g/mol. The summed E-state index contributed by atoms with van der Waals surface area (Å²) in [6, 6.07) is 11.9. The van der Waals surface area contributed by atoms with Crippen molar-refractivity contribution in [1.29, 1.82) is 0 Å². The molecule has 1 aliphatic rings. The van der Waals surface area contributed by atoms with Crippen molar-refractivity contribution >= 4 is 8.07 Å². The second-order valence-electron chi connectivity index (χ2n) is 5.39. The largest absolute Gasteiger partial charge is 0.365 e. The Labute approximate surface area is 87.1 Å². The lowest BCUT2D eigenvalue weighted by Gasteiger charge is -2.21. The third kappa shape index (κ3) is 2.07. The Balaban J connectivity index is 2.18. The fraction of sp³-hybridized carbons (Fsp3) is 0.500. The third-order valence-electron chi connectivity index (χ3n) is 2.61. The molecule has 1 unspecified atom stereocenters. The van der Waals surface area contributed by atoms with Crippen LogP contribution in [-0.2, 0) is 10.3 Å². The van der Waals surface area contributed by atoms with E-state index in [0.717, 1.165) is 6.61 Å². The maximum Gasteiger partial charge on any atom is 0.114 e. The van der Waals surface area contributed by atoms with Gasteiger partial charge in [-0.3, -0.25) is 0 Å². The molecule has 76 valence electrons. The van der Waals surface area contributed by atoms with Crippen LogP contribution in [0.5, 0.6) is 0 Å². The fourth-order valence-electron chi connectivity index (χ4n) is 2.06. The molecule has 1 heterocycles. The van der Waals surface area contributed by atoms with Gasteiger partial charge in [-0.2, -0.15) is 0 Å². The van der Waals surface area contributed by atoms with Gasteiger partial charge in [0.1, 0.15) is 5.60 Å². The van der Waals surface area contributed by atoms with Crippen molar-refractivity contribution in [2.45, 2.75) is 31.3 Å². The Morgan fingerprint density at radius 2 is 1.79 bits per heavy atom. The summed E-state index contributed by atoms with van der Waals surface area (Å²) in [6.07, 6.45) is 0.